The first kappa shape index (κ1) is 22.9. The first-order chi connectivity index (χ1) is 17.1. The summed E-state index contributed by atoms with van der Waals surface area (Å²) in [5.74, 6) is 1.01. The van der Waals surface area contributed by atoms with E-state index < -0.39 is 0 Å². The number of para-hydroxylation sites is 1. The van der Waals surface area contributed by atoms with Crippen molar-refractivity contribution in [3.63, 3.8) is 0 Å². The number of nitrogens with zero attached hydrogens (tertiary/aromatic N) is 5. The van der Waals surface area contributed by atoms with Gasteiger partial charge in [-0.25, -0.2) is 4.52 Å². The van der Waals surface area contributed by atoms with Crippen LogP contribution in [0.5, 0.6) is 5.75 Å². The van der Waals surface area contributed by atoms with Crippen molar-refractivity contribution in [1.29, 1.82) is 0 Å². The zero-order chi connectivity index (χ0) is 24.2. The number of aryl methyl sites for hydroxylation is 1. The molecule has 0 radical (unpaired) electrons. The highest BCUT2D eigenvalue weighted by Crippen LogP contribution is 2.26. The number of hydrogen-bond acceptors (Lipinski definition) is 6. The Morgan fingerprint density at radius 2 is 1.91 bits per heavy atom. The van der Waals surface area contributed by atoms with Crippen LogP contribution in [0, 0.1) is 6.92 Å². The number of carbonyl (C=O) groups is 1. The highest BCUT2D eigenvalue weighted by molar-refractivity contribution is 7.99. The van der Waals surface area contributed by atoms with Gasteiger partial charge in [0.05, 0.1) is 18.1 Å². The molecule has 1 amide bonds. The maximum Gasteiger partial charge on any atom is 0.234 e. The van der Waals surface area contributed by atoms with Crippen molar-refractivity contribution < 1.29 is 9.53 Å². The third kappa shape index (κ3) is 5.00. The Hall–Kier alpha value is -3.85. The molecule has 5 aromatic rings. The standard InChI is InChI=1S/C26H26N6O2S/c1-3-4-15-34-20-11-9-19(10-12-20)22-16-23-25-28-29-26(31(25)13-14-32(23)30-22)35-17-24(33)27-21-8-6-5-7-18(21)2/h5-14,16H,3-4,15,17H2,1-2H3,(H,27,33). The number of thioether (sulfide) groups is 1. The molecule has 0 spiro atoms. The summed E-state index contributed by atoms with van der Waals surface area (Å²) in [6.07, 6.45) is 5.89. The lowest BCUT2D eigenvalue weighted by Crippen LogP contribution is -2.15. The Morgan fingerprint density at radius 3 is 2.71 bits per heavy atom. The van der Waals surface area contributed by atoms with Crippen LogP contribution in [-0.4, -0.2) is 42.5 Å². The van der Waals surface area contributed by atoms with E-state index in [1.165, 1.54) is 11.8 Å². The van der Waals surface area contributed by atoms with E-state index in [1.807, 2.05) is 78.3 Å². The third-order valence-electron chi connectivity index (χ3n) is 5.65. The summed E-state index contributed by atoms with van der Waals surface area (Å²) in [5, 5.41) is 17.0. The molecule has 0 fully saturated rings. The second-order valence-electron chi connectivity index (χ2n) is 8.21. The summed E-state index contributed by atoms with van der Waals surface area (Å²) >= 11 is 1.34. The molecule has 0 unspecified atom stereocenters. The highest BCUT2D eigenvalue weighted by Gasteiger charge is 2.14. The lowest BCUT2D eigenvalue weighted by atomic mass is 10.1. The smallest absolute Gasteiger partial charge is 0.234 e. The van der Waals surface area contributed by atoms with Crippen LogP contribution < -0.4 is 10.1 Å². The Labute approximate surface area is 207 Å². The lowest BCUT2D eigenvalue weighted by Gasteiger charge is -2.07. The number of carbonyl (C=O) groups excluding carboxylic acids is 1. The van der Waals surface area contributed by atoms with Crippen LogP contribution in [0.25, 0.3) is 22.4 Å². The number of rotatable bonds is 9. The van der Waals surface area contributed by atoms with Gasteiger partial charge in [0.1, 0.15) is 11.3 Å². The van der Waals surface area contributed by atoms with Gasteiger partial charge in [-0.2, -0.15) is 5.10 Å². The van der Waals surface area contributed by atoms with E-state index in [0.29, 0.717) is 10.8 Å². The number of ether oxygens (including phenoxy) is 1. The van der Waals surface area contributed by atoms with E-state index >= 15 is 0 Å². The molecule has 35 heavy (non-hydrogen) atoms. The predicted molar refractivity (Wildman–Crippen MR) is 138 cm³/mol. The summed E-state index contributed by atoms with van der Waals surface area (Å²) in [6, 6.07) is 17.7. The molecule has 0 aliphatic rings. The second-order valence-corrected chi connectivity index (χ2v) is 9.15. The molecule has 1 N–H and O–H groups in total. The van der Waals surface area contributed by atoms with Crippen LogP contribution in [0.2, 0.25) is 0 Å². The molecule has 0 saturated carbocycles. The molecule has 0 saturated heterocycles. The van der Waals surface area contributed by atoms with Crippen LogP contribution in [0.4, 0.5) is 5.69 Å². The summed E-state index contributed by atoms with van der Waals surface area (Å²) in [6.45, 7) is 4.84. The van der Waals surface area contributed by atoms with E-state index in [2.05, 4.69) is 22.4 Å². The normalized spacial score (nSPS) is 11.3. The van der Waals surface area contributed by atoms with Gasteiger partial charge >= 0.3 is 0 Å². The first-order valence-corrected chi connectivity index (χ1v) is 12.6. The van der Waals surface area contributed by atoms with Gasteiger partial charge in [-0.1, -0.05) is 43.3 Å². The van der Waals surface area contributed by atoms with Crippen LogP contribution in [0.1, 0.15) is 25.3 Å². The monoisotopic (exact) mass is 486 g/mol. The molecule has 2 aromatic carbocycles. The van der Waals surface area contributed by atoms with Crippen molar-refractivity contribution in [3.8, 4) is 17.0 Å². The van der Waals surface area contributed by atoms with Crippen molar-refractivity contribution >= 4 is 34.5 Å². The lowest BCUT2D eigenvalue weighted by molar-refractivity contribution is -0.113. The SMILES string of the molecule is CCCCOc1ccc(-c2cc3c4nnc(SCC(=O)Nc5ccccc5C)n4ccn3n2)cc1. The van der Waals surface area contributed by atoms with Crippen molar-refractivity contribution in [2.75, 3.05) is 17.7 Å². The number of hydrogen-bond donors (Lipinski definition) is 1. The van der Waals surface area contributed by atoms with Gasteiger partial charge in [0.2, 0.25) is 5.91 Å². The zero-order valence-electron chi connectivity index (χ0n) is 19.6. The number of unbranched alkanes of at least 4 members (excludes halogenated alkanes) is 1. The second kappa shape index (κ2) is 10.2. The molecule has 0 atom stereocenters. The Kier molecular flexibility index (Phi) is 6.67. The molecule has 178 valence electrons. The number of benzene rings is 2. The number of anilines is 1. The maximum atomic E-state index is 12.5. The van der Waals surface area contributed by atoms with Gasteiger partial charge in [0.15, 0.2) is 10.8 Å². The van der Waals surface area contributed by atoms with E-state index in [1.54, 1.807) is 4.52 Å². The Balaban J connectivity index is 1.31. The topological polar surface area (TPSA) is 85.8 Å². The fourth-order valence-corrected chi connectivity index (χ4v) is 4.43. The van der Waals surface area contributed by atoms with Gasteiger partial charge in [-0.15, -0.1) is 10.2 Å². The van der Waals surface area contributed by atoms with Crippen LogP contribution in [0.3, 0.4) is 0 Å². The van der Waals surface area contributed by atoms with Gasteiger partial charge < -0.3 is 10.1 Å². The largest absolute Gasteiger partial charge is 0.494 e. The predicted octanol–water partition coefficient (Wildman–Crippen LogP) is 5.26. The van der Waals surface area contributed by atoms with Crippen LogP contribution in [-0.2, 0) is 4.79 Å². The van der Waals surface area contributed by atoms with Gasteiger partial charge in [0.25, 0.3) is 0 Å². The molecule has 0 aliphatic carbocycles. The minimum Gasteiger partial charge on any atom is -0.494 e. The fourth-order valence-electron chi connectivity index (χ4n) is 3.72. The molecule has 3 heterocycles. The molecule has 8 nitrogen and oxygen atoms in total. The summed E-state index contributed by atoms with van der Waals surface area (Å²) in [7, 11) is 0. The average molecular weight is 487 g/mol. The molecule has 9 heteroatoms. The van der Waals surface area contributed by atoms with Gasteiger partial charge in [0, 0.05) is 23.6 Å². The van der Waals surface area contributed by atoms with Crippen molar-refractivity contribution in [1.82, 2.24) is 24.2 Å². The fraction of sp³-hybridized carbons (Fsp3) is 0.231. The van der Waals surface area contributed by atoms with Gasteiger partial charge in [-0.05, 0) is 55.3 Å². The molecule has 5 rings (SSSR count). The number of aromatic nitrogens is 5. The quantitative estimate of drug-likeness (QED) is 0.226. The highest BCUT2D eigenvalue weighted by atomic mass is 32.2. The van der Waals surface area contributed by atoms with E-state index in [4.69, 9.17) is 9.84 Å². The minimum absolute atomic E-state index is 0.0871. The first-order valence-electron chi connectivity index (χ1n) is 11.6. The van der Waals surface area contributed by atoms with E-state index in [-0.39, 0.29) is 11.7 Å². The van der Waals surface area contributed by atoms with Crippen LogP contribution in [0.15, 0.2) is 72.1 Å². The molecule has 0 aliphatic heterocycles. The maximum absolute atomic E-state index is 12.5. The van der Waals surface area contributed by atoms with E-state index in [0.717, 1.165) is 53.2 Å². The summed E-state index contributed by atoms with van der Waals surface area (Å²) < 4.78 is 9.44. The van der Waals surface area contributed by atoms with Crippen molar-refractivity contribution in [3.05, 3.63) is 72.6 Å². The van der Waals surface area contributed by atoms with E-state index in [9.17, 15) is 4.79 Å². The minimum atomic E-state index is -0.0871. The number of nitrogens with one attached hydrogen (secondary N) is 1. The third-order valence-corrected chi connectivity index (χ3v) is 6.60. The number of amides is 1. The number of fused-ring (bicyclic) bond motifs is 3. The van der Waals surface area contributed by atoms with Gasteiger partial charge in [-0.3, -0.25) is 9.20 Å². The Bertz CT molecular complexity index is 1470. The molecule has 3 aromatic heterocycles. The Morgan fingerprint density at radius 1 is 1.09 bits per heavy atom. The van der Waals surface area contributed by atoms with Crippen LogP contribution >= 0.6 is 11.8 Å². The summed E-state index contributed by atoms with van der Waals surface area (Å²) in [5.41, 5.74) is 5.21. The molecular formula is C26H26N6O2S. The summed E-state index contributed by atoms with van der Waals surface area (Å²) in [4.78, 5) is 12.5. The molecular weight excluding hydrogens is 460 g/mol. The van der Waals surface area contributed by atoms with Crippen molar-refractivity contribution in [2.24, 2.45) is 0 Å². The average Bonchev–Trinajstić information content (AvgIpc) is 3.49. The molecule has 0 bridgehead atoms. The van der Waals surface area contributed by atoms with Crippen molar-refractivity contribution in [2.45, 2.75) is 31.8 Å². The zero-order valence-corrected chi connectivity index (χ0v) is 20.5.